The molecule has 1 aromatic carbocycles. The van der Waals surface area contributed by atoms with Crippen molar-refractivity contribution in [2.75, 3.05) is 12.4 Å². The van der Waals surface area contributed by atoms with Crippen LogP contribution >= 0.6 is 23.4 Å². The van der Waals surface area contributed by atoms with E-state index in [9.17, 15) is 4.79 Å². The van der Waals surface area contributed by atoms with E-state index in [-0.39, 0.29) is 5.91 Å². The first-order valence-corrected chi connectivity index (χ1v) is 8.97. The maximum Gasteiger partial charge on any atom is 0.238 e. The topological polar surface area (TPSA) is 92.8 Å². The highest BCUT2D eigenvalue weighted by atomic mass is 35.5. The van der Waals surface area contributed by atoms with E-state index >= 15 is 0 Å². The molecule has 1 amide bonds. The summed E-state index contributed by atoms with van der Waals surface area (Å²) in [6.45, 7) is 1.78. The predicted octanol–water partition coefficient (Wildman–Crippen LogP) is 3.65. The summed E-state index contributed by atoms with van der Waals surface area (Å²) in [6.07, 6.45) is 1.48. The molecule has 0 radical (unpaired) electrons. The van der Waals surface area contributed by atoms with Gasteiger partial charge in [0.15, 0.2) is 5.82 Å². The highest BCUT2D eigenvalue weighted by Gasteiger charge is 2.18. The lowest BCUT2D eigenvalue weighted by Crippen LogP contribution is -2.23. The fourth-order valence-corrected chi connectivity index (χ4v) is 2.90. The minimum Gasteiger partial charge on any atom is -0.497 e. The van der Waals surface area contributed by atoms with E-state index in [0.717, 1.165) is 11.3 Å². The van der Waals surface area contributed by atoms with E-state index in [1.54, 1.807) is 26.2 Å². The molecule has 0 fully saturated rings. The van der Waals surface area contributed by atoms with Crippen molar-refractivity contribution in [2.45, 2.75) is 17.3 Å². The van der Waals surface area contributed by atoms with Crippen molar-refractivity contribution in [1.82, 2.24) is 20.2 Å². The zero-order chi connectivity index (χ0) is 18.5. The molecule has 3 aromatic rings. The molecule has 2 heterocycles. The van der Waals surface area contributed by atoms with Gasteiger partial charge in [-0.3, -0.25) is 9.89 Å². The molecule has 0 saturated carbocycles. The summed E-state index contributed by atoms with van der Waals surface area (Å²) in [5.74, 6) is 1.65. The highest BCUT2D eigenvalue weighted by molar-refractivity contribution is 8.00. The van der Waals surface area contributed by atoms with E-state index in [1.165, 1.54) is 18.0 Å². The van der Waals surface area contributed by atoms with Crippen LogP contribution < -0.4 is 10.1 Å². The quantitative estimate of drug-likeness (QED) is 0.625. The van der Waals surface area contributed by atoms with Crippen LogP contribution in [0.25, 0.3) is 11.4 Å². The molecule has 0 aliphatic carbocycles. The molecule has 0 bridgehead atoms. The number of nitrogens with zero attached hydrogens (tertiary/aromatic N) is 3. The number of rotatable bonds is 6. The molecule has 7 nitrogen and oxygen atoms in total. The zero-order valence-corrected chi connectivity index (χ0v) is 15.6. The molecule has 2 N–H and O–H groups in total. The second kappa shape index (κ2) is 8.20. The number of H-pyrrole nitrogens is 1. The van der Waals surface area contributed by atoms with E-state index in [1.807, 2.05) is 24.3 Å². The number of aromatic amines is 1. The minimum atomic E-state index is -0.396. The molecule has 9 heteroatoms. The SMILES string of the molecule is COc1ccc(-c2nc(SC(C)C(=O)Nc3ccc(Cl)cn3)n[nH]2)cc1. The van der Waals surface area contributed by atoms with Gasteiger partial charge in [-0.2, -0.15) is 0 Å². The van der Waals surface area contributed by atoms with Crippen LogP contribution in [0, 0.1) is 0 Å². The maximum atomic E-state index is 12.3. The first-order chi connectivity index (χ1) is 12.5. The molecule has 26 heavy (non-hydrogen) atoms. The summed E-state index contributed by atoms with van der Waals surface area (Å²) in [5, 5.41) is 10.4. The Bertz CT molecular complexity index is 883. The number of halogens is 1. The number of benzene rings is 1. The van der Waals surface area contributed by atoms with Gasteiger partial charge in [0.05, 0.1) is 17.4 Å². The number of hydrogen-bond donors (Lipinski definition) is 2. The van der Waals surface area contributed by atoms with Crippen LogP contribution in [0.4, 0.5) is 5.82 Å². The van der Waals surface area contributed by atoms with E-state index in [4.69, 9.17) is 16.3 Å². The van der Waals surface area contributed by atoms with Crippen LogP contribution in [0.15, 0.2) is 47.8 Å². The zero-order valence-electron chi connectivity index (χ0n) is 14.1. The number of methoxy groups -OCH3 is 1. The van der Waals surface area contributed by atoms with Gasteiger partial charge >= 0.3 is 0 Å². The monoisotopic (exact) mass is 389 g/mol. The second-order valence-electron chi connectivity index (χ2n) is 5.31. The molecule has 0 saturated heterocycles. The normalized spacial score (nSPS) is 11.8. The lowest BCUT2D eigenvalue weighted by Gasteiger charge is -2.09. The standard InChI is InChI=1S/C17H16ClN5O2S/c1-10(16(24)20-14-8-5-12(18)9-19-14)26-17-21-15(22-23-17)11-3-6-13(25-2)7-4-11/h3-10H,1-2H3,(H,19,20,24)(H,21,22,23). The van der Waals surface area contributed by atoms with Gasteiger partial charge in [-0.1, -0.05) is 23.4 Å². The molecule has 0 aliphatic rings. The van der Waals surface area contributed by atoms with Crippen molar-refractivity contribution in [1.29, 1.82) is 0 Å². The van der Waals surface area contributed by atoms with Crippen LogP contribution in [0.2, 0.25) is 5.02 Å². The van der Waals surface area contributed by atoms with Crippen LogP contribution in [0.3, 0.4) is 0 Å². The third-order valence-corrected chi connectivity index (χ3v) is 4.64. The van der Waals surface area contributed by atoms with Crippen LogP contribution in [-0.2, 0) is 4.79 Å². The van der Waals surface area contributed by atoms with Gasteiger partial charge in [0.1, 0.15) is 11.6 Å². The van der Waals surface area contributed by atoms with Crippen molar-refractivity contribution < 1.29 is 9.53 Å². The molecule has 1 unspecified atom stereocenters. The fraction of sp³-hybridized carbons (Fsp3) is 0.176. The van der Waals surface area contributed by atoms with Crippen molar-refractivity contribution in [3.63, 3.8) is 0 Å². The third kappa shape index (κ3) is 4.53. The Labute approximate surface area is 159 Å². The number of aromatic nitrogens is 4. The molecular formula is C17H16ClN5O2S. The first-order valence-electron chi connectivity index (χ1n) is 7.71. The van der Waals surface area contributed by atoms with Gasteiger partial charge in [-0.05, 0) is 43.3 Å². The molecule has 0 spiro atoms. The largest absolute Gasteiger partial charge is 0.497 e. The minimum absolute atomic E-state index is 0.194. The number of thioether (sulfide) groups is 1. The van der Waals surface area contributed by atoms with Gasteiger partial charge in [-0.25, -0.2) is 9.97 Å². The van der Waals surface area contributed by atoms with Crippen molar-refractivity contribution >= 4 is 35.1 Å². The van der Waals surface area contributed by atoms with Crippen LogP contribution in [-0.4, -0.2) is 38.4 Å². The summed E-state index contributed by atoms with van der Waals surface area (Å²) in [5.41, 5.74) is 0.882. The Kier molecular flexibility index (Phi) is 5.75. The fourth-order valence-electron chi connectivity index (χ4n) is 2.07. The first kappa shape index (κ1) is 18.2. The van der Waals surface area contributed by atoms with E-state index < -0.39 is 5.25 Å². The third-order valence-electron chi connectivity index (χ3n) is 3.46. The number of amides is 1. The molecule has 2 aromatic heterocycles. The Morgan fingerprint density at radius 3 is 2.69 bits per heavy atom. The molecule has 134 valence electrons. The van der Waals surface area contributed by atoms with Crippen LogP contribution in [0.5, 0.6) is 5.75 Å². The average molecular weight is 390 g/mol. The number of hydrogen-bond acceptors (Lipinski definition) is 6. The summed E-state index contributed by atoms with van der Waals surface area (Å²) >= 11 is 7.03. The van der Waals surface area contributed by atoms with Crippen LogP contribution in [0.1, 0.15) is 6.92 Å². The van der Waals surface area contributed by atoms with E-state index in [2.05, 4.69) is 25.5 Å². The number of ether oxygens (including phenoxy) is 1. The number of anilines is 1. The highest BCUT2D eigenvalue weighted by Crippen LogP contribution is 2.24. The predicted molar refractivity (Wildman–Crippen MR) is 102 cm³/mol. The number of carbonyl (C=O) groups is 1. The molecule has 1 atom stereocenters. The summed E-state index contributed by atoms with van der Waals surface area (Å²) in [4.78, 5) is 20.7. The Balaban J connectivity index is 1.62. The summed E-state index contributed by atoms with van der Waals surface area (Å²) < 4.78 is 5.14. The van der Waals surface area contributed by atoms with Crippen molar-refractivity contribution in [3.8, 4) is 17.1 Å². The van der Waals surface area contributed by atoms with Gasteiger partial charge in [0, 0.05) is 11.8 Å². The van der Waals surface area contributed by atoms with Crippen molar-refractivity contribution in [3.05, 3.63) is 47.6 Å². The molecule has 3 rings (SSSR count). The summed E-state index contributed by atoms with van der Waals surface area (Å²) in [7, 11) is 1.62. The van der Waals surface area contributed by atoms with Crippen molar-refractivity contribution in [2.24, 2.45) is 0 Å². The molecular weight excluding hydrogens is 374 g/mol. The lowest BCUT2D eigenvalue weighted by molar-refractivity contribution is -0.115. The average Bonchev–Trinajstić information content (AvgIpc) is 3.12. The second-order valence-corrected chi connectivity index (χ2v) is 7.05. The lowest BCUT2D eigenvalue weighted by atomic mass is 10.2. The Hall–Kier alpha value is -2.58. The summed E-state index contributed by atoms with van der Waals surface area (Å²) in [6, 6.07) is 10.8. The van der Waals surface area contributed by atoms with Gasteiger partial charge in [0.2, 0.25) is 11.1 Å². The number of pyridine rings is 1. The Morgan fingerprint density at radius 2 is 2.04 bits per heavy atom. The Morgan fingerprint density at radius 1 is 1.27 bits per heavy atom. The number of carbonyl (C=O) groups excluding carboxylic acids is 1. The molecule has 0 aliphatic heterocycles. The smallest absolute Gasteiger partial charge is 0.238 e. The maximum absolute atomic E-state index is 12.3. The van der Waals surface area contributed by atoms with E-state index in [0.29, 0.717) is 21.8 Å². The van der Waals surface area contributed by atoms with Gasteiger partial charge < -0.3 is 10.1 Å². The number of nitrogens with one attached hydrogen (secondary N) is 2. The van der Waals surface area contributed by atoms with Gasteiger partial charge in [0.25, 0.3) is 0 Å². The van der Waals surface area contributed by atoms with Gasteiger partial charge in [-0.15, -0.1) is 5.10 Å².